The molecule has 0 saturated carbocycles. The van der Waals surface area contributed by atoms with E-state index in [2.05, 4.69) is 0 Å². The van der Waals surface area contributed by atoms with Crippen molar-refractivity contribution in [3.63, 3.8) is 0 Å². The molecule has 0 saturated heterocycles. The van der Waals surface area contributed by atoms with Gasteiger partial charge in [0.2, 0.25) is 5.12 Å². The Morgan fingerprint density at radius 3 is 2.39 bits per heavy atom. The molecule has 0 N–H and O–H groups in total. The zero-order chi connectivity index (χ0) is 17.1. The third-order valence-electron chi connectivity index (χ3n) is 3.24. The van der Waals surface area contributed by atoms with Crippen LogP contribution >= 0.6 is 19.4 Å². The fraction of sp³-hybridized carbons (Fsp3) is 0.533. The number of benzene rings is 1. The van der Waals surface area contributed by atoms with Crippen LogP contribution in [-0.2, 0) is 18.4 Å². The van der Waals surface area contributed by atoms with E-state index in [1.165, 1.54) is 6.92 Å². The molecule has 0 fully saturated rings. The molecule has 1 unspecified atom stereocenters. The molecule has 128 valence electrons. The van der Waals surface area contributed by atoms with E-state index in [1.807, 2.05) is 6.92 Å². The van der Waals surface area contributed by atoms with E-state index < -0.39 is 18.1 Å². The van der Waals surface area contributed by atoms with E-state index in [0.717, 1.165) is 11.8 Å². The summed E-state index contributed by atoms with van der Waals surface area (Å²) in [5, 5.41) is -2.10. The van der Waals surface area contributed by atoms with Crippen molar-refractivity contribution in [2.45, 2.75) is 37.9 Å². The number of ether oxygens (including phenoxy) is 2. The smallest absolute Gasteiger partial charge is 0.382 e. The third-order valence-corrected chi connectivity index (χ3v) is 7.06. The summed E-state index contributed by atoms with van der Waals surface area (Å²) in [7, 11) is -3.78. The van der Waals surface area contributed by atoms with E-state index in [9.17, 15) is 9.36 Å². The zero-order valence-electron chi connectivity index (χ0n) is 13.7. The molecule has 0 radical (unpaired) electrons. The summed E-state index contributed by atoms with van der Waals surface area (Å²) in [6.45, 7) is 7.53. The van der Waals surface area contributed by atoms with Crippen molar-refractivity contribution in [3.05, 3.63) is 18.2 Å². The van der Waals surface area contributed by atoms with Crippen molar-refractivity contribution in [3.8, 4) is 11.5 Å². The van der Waals surface area contributed by atoms with E-state index in [0.29, 0.717) is 23.0 Å². The van der Waals surface area contributed by atoms with Gasteiger partial charge in [0.15, 0.2) is 0 Å². The van der Waals surface area contributed by atoms with Gasteiger partial charge in [-0.1, -0.05) is 0 Å². The average molecular weight is 360 g/mol. The first-order chi connectivity index (χ1) is 10.9. The Morgan fingerprint density at radius 2 is 1.83 bits per heavy atom. The second kappa shape index (κ2) is 7.26. The second-order valence-corrected chi connectivity index (χ2v) is 8.23. The van der Waals surface area contributed by atoms with Gasteiger partial charge in [0.05, 0.1) is 24.7 Å². The van der Waals surface area contributed by atoms with Crippen LogP contribution in [0, 0.1) is 0 Å². The summed E-state index contributed by atoms with van der Waals surface area (Å²) < 4.78 is 35.0. The highest BCUT2D eigenvalue weighted by atomic mass is 32.2. The van der Waals surface area contributed by atoms with Crippen molar-refractivity contribution in [1.29, 1.82) is 0 Å². The number of carbonyl (C=O) groups is 1. The molecule has 0 aromatic heterocycles. The summed E-state index contributed by atoms with van der Waals surface area (Å²) >= 11 is 0.973. The third kappa shape index (κ3) is 3.43. The van der Waals surface area contributed by atoms with Gasteiger partial charge in [0.25, 0.3) is 5.34 Å². The Bertz CT molecular complexity index is 624. The topological polar surface area (TPSA) is 71.1 Å². The van der Waals surface area contributed by atoms with Crippen molar-refractivity contribution in [1.82, 2.24) is 0 Å². The van der Waals surface area contributed by atoms with Gasteiger partial charge < -0.3 is 18.5 Å². The molecule has 1 atom stereocenters. The maximum Gasteiger partial charge on any atom is 0.382 e. The lowest BCUT2D eigenvalue weighted by molar-refractivity contribution is -0.120. The maximum atomic E-state index is 13.1. The van der Waals surface area contributed by atoms with Crippen molar-refractivity contribution in [2.24, 2.45) is 0 Å². The lowest BCUT2D eigenvalue weighted by Gasteiger charge is -2.37. The van der Waals surface area contributed by atoms with Crippen LogP contribution in [0.2, 0.25) is 0 Å². The monoisotopic (exact) mass is 360 g/mol. The predicted octanol–water partition coefficient (Wildman–Crippen LogP) is 4.08. The minimum absolute atomic E-state index is 0.153. The van der Waals surface area contributed by atoms with Crippen LogP contribution in [0.5, 0.6) is 11.5 Å². The first-order valence-corrected chi connectivity index (χ1v) is 9.83. The van der Waals surface area contributed by atoms with Crippen LogP contribution in [-0.4, -0.2) is 30.3 Å². The highest BCUT2D eigenvalue weighted by Crippen LogP contribution is 2.64. The SMILES string of the molecule is CCOc1ccc2c(c1)OC(C)(P(=O)(OCC)OCC)C(=O)S2. The number of rotatable bonds is 7. The molecular formula is C15H21O6PS. The zero-order valence-corrected chi connectivity index (χ0v) is 15.4. The molecule has 2 rings (SSSR count). The molecule has 0 bridgehead atoms. The number of carbonyl (C=O) groups excluding carboxylic acids is 1. The summed E-state index contributed by atoms with van der Waals surface area (Å²) in [4.78, 5) is 13.2. The molecule has 6 nitrogen and oxygen atoms in total. The van der Waals surface area contributed by atoms with Gasteiger partial charge in [-0.3, -0.25) is 9.36 Å². The fourth-order valence-corrected chi connectivity index (χ4v) is 5.07. The highest BCUT2D eigenvalue weighted by Gasteiger charge is 2.58. The van der Waals surface area contributed by atoms with Gasteiger partial charge in [-0.15, -0.1) is 0 Å². The van der Waals surface area contributed by atoms with Crippen LogP contribution in [0.25, 0.3) is 0 Å². The van der Waals surface area contributed by atoms with Crippen molar-refractivity contribution in [2.75, 3.05) is 19.8 Å². The maximum absolute atomic E-state index is 13.1. The molecular weight excluding hydrogens is 339 g/mol. The number of hydrogen-bond acceptors (Lipinski definition) is 7. The quantitative estimate of drug-likeness (QED) is 0.679. The Morgan fingerprint density at radius 1 is 1.17 bits per heavy atom. The molecule has 23 heavy (non-hydrogen) atoms. The van der Waals surface area contributed by atoms with Crippen LogP contribution in [0.4, 0.5) is 0 Å². The van der Waals surface area contributed by atoms with Crippen LogP contribution in [0.1, 0.15) is 27.7 Å². The number of fused-ring (bicyclic) bond motifs is 1. The largest absolute Gasteiger partial charge is 0.494 e. The minimum atomic E-state index is -3.78. The Labute approximate surface area is 140 Å². The molecule has 1 aromatic carbocycles. The van der Waals surface area contributed by atoms with E-state index in [-0.39, 0.29) is 13.2 Å². The lowest BCUT2D eigenvalue weighted by Crippen LogP contribution is -2.43. The highest BCUT2D eigenvalue weighted by molar-refractivity contribution is 8.14. The van der Waals surface area contributed by atoms with E-state index in [4.69, 9.17) is 18.5 Å². The van der Waals surface area contributed by atoms with Crippen LogP contribution in [0.15, 0.2) is 23.1 Å². The molecule has 0 amide bonds. The van der Waals surface area contributed by atoms with Crippen molar-refractivity contribution < 1.29 is 27.9 Å². The molecule has 1 aromatic rings. The molecule has 8 heteroatoms. The second-order valence-electron chi connectivity index (χ2n) is 4.85. The van der Waals surface area contributed by atoms with Gasteiger partial charge in [0.1, 0.15) is 11.5 Å². The number of thioether (sulfide) groups is 1. The van der Waals surface area contributed by atoms with E-state index >= 15 is 0 Å². The molecule has 0 spiro atoms. The Kier molecular flexibility index (Phi) is 5.79. The van der Waals surface area contributed by atoms with Gasteiger partial charge in [-0.25, -0.2) is 0 Å². The van der Waals surface area contributed by atoms with Crippen molar-refractivity contribution >= 4 is 24.5 Å². The molecule has 1 heterocycles. The van der Waals surface area contributed by atoms with Gasteiger partial charge in [0, 0.05) is 6.07 Å². The normalized spacial score (nSPS) is 20.8. The lowest BCUT2D eigenvalue weighted by atomic mass is 10.3. The average Bonchev–Trinajstić information content (AvgIpc) is 2.49. The summed E-state index contributed by atoms with van der Waals surface area (Å²) in [6.07, 6.45) is 0. The van der Waals surface area contributed by atoms with Gasteiger partial charge >= 0.3 is 7.60 Å². The first kappa shape index (κ1) is 18.3. The molecule has 1 aliphatic rings. The van der Waals surface area contributed by atoms with Gasteiger partial charge in [-0.05, 0) is 51.6 Å². The molecule has 0 aliphatic carbocycles. The summed E-state index contributed by atoms with van der Waals surface area (Å²) in [5.41, 5.74) is 0. The fourth-order valence-electron chi connectivity index (χ4n) is 2.15. The van der Waals surface area contributed by atoms with E-state index in [1.54, 1.807) is 32.0 Å². The Balaban J connectivity index is 2.42. The Hall–Kier alpha value is -1.01. The minimum Gasteiger partial charge on any atom is -0.494 e. The molecule has 1 aliphatic heterocycles. The first-order valence-electron chi connectivity index (χ1n) is 7.47. The standard InChI is InChI=1S/C15H21O6PS/c1-5-18-11-8-9-13-12(10-11)21-15(4,14(16)23-13)22(17,19-6-2)20-7-3/h8-10H,5-7H2,1-4H3. The van der Waals surface area contributed by atoms with Crippen LogP contribution in [0.3, 0.4) is 0 Å². The van der Waals surface area contributed by atoms with Gasteiger partial charge in [-0.2, -0.15) is 0 Å². The summed E-state index contributed by atoms with van der Waals surface area (Å²) in [6, 6.07) is 5.19. The predicted molar refractivity (Wildman–Crippen MR) is 88.4 cm³/mol. The summed E-state index contributed by atoms with van der Waals surface area (Å²) in [5.74, 6) is 1.05. The number of hydrogen-bond donors (Lipinski definition) is 0. The van der Waals surface area contributed by atoms with Crippen LogP contribution < -0.4 is 9.47 Å².